The van der Waals surface area contributed by atoms with Gasteiger partial charge in [-0.05, 0) is 25.1 Å². The molecular formula is C17H21NO3. The minimum atomic E-state index is -0.697. The minimum absolute atomic E-state index is 0.170. The Kier molecular flexibility index (Phi) is 5.60. The summed E-state index contributed by atoms with van der Waals surface area (Å²) in [6.45, 7) is 2.78. The van der Waals surface area contributed by atoms with Crippen molar-refractivity contribution in [2.45, 2.75) is 19.6 Å². The van der Waals surface area contributed by atoms with Crippen molar-refractivity contribution in [1.82, 2.24) is 0 Å². The second-order valence-corrected chi connectivity index (χ2v) is 4.90. The SMILES string of the molecule is Cc1ccc(OCC(O)COc2ccccc2CN)cc1. The van der Waals surface area contributed by atoms with Crippen molar-refractivity contribution in [1.29, 1.82) is 0 Å². The third-order valence-corrected chi connectivity index (χ3v) is 3.09. The molecule has 0 bridgehead atoms. The lowest BCUT2D eigenvalue weighted by Gasteiger charge is -2.15. The summed E-state index contributed by atoms with van der Waals surface area (Å²) in [5.74, 6) is 1.44. The molecule has 2 aromatic rings. The van der Waals surface area contributed by atoms with Gasteiger partial charge in [0, 0.05) is 12.1 Å². The molecule has 0 amide bonds. The summed E-state index contributed by atoms with van der Waals surface area (Å²) in [7, 11) is 0. The van der Waals surface area contributed by atoms with Crippen LogP contribution in [0.2, 0.25) is 0 Å². The van der Waals surface area contributed by atoms with Crippen LogP contribution in [0.1, 0.15) is 11.1 Å². The third kappa shape index (κ3) is 4.77. The summed E-state index contributed by atoms with van der Waals surface area (Å²) >= 11 is 0. The van der Waals surface area contributed by atoms with Gasteiger partial charge in [0.1, 0.15) is 30.8 Å². The number of nitrogens with two attached hydrogens (primary N) is 1. The zero-order valence-corrected chi connectivity index (χ0v) is 12.2. The van der Waals surface area contributed by atoms with Crippen molar-refractivity contribution in [3.63, 3.8) is 0 Å². The molecule has 0 aliphatic rings. The van der Waals surface area contributed by atoms with Crippen molar-refractivity contribution in [3.8, 4) is 11.5 Å². The lowest BCUT2D eigenvalue weighted by Crippen LogP contribution is -2.25. The topological polar surface area (TPSA) is 64.7 Å². The van der Waals surface area contributed by atoms with Crippen LogP contribution < -0.4 is 15.2 Å². The highest BCUT2D eigenvalue weighted by atomic mass is 16.5. The quantitative estimate of drug-likeness (QED) is 0.820. The molecule has 0 aliphatic heterocycles. The van der Waals surface area contributed by atoms with E-state index < -0.39 is 6.10 Å². The fraction of sp³-hybridized carbons (Fsp3) is 0.294. The van der Waals surface area contributed by atoms with Crippen molar-refractivity contribution in [3.05, 3.63) is 59.7 Å². The van der Waals surface area contributed by atoms with Gasteiger partial charge in [-0.15, -0.1) is 0 Å². The molecule has 0 radical (unpaired) electrons. The maximum absolute atomic E-state index is 9.91. The van der Waals surface area contributed by atoms with Crippen molar-refractivity contribution in [2.75, 3.05) is 13.2 Å². The predicted octanol–water partition coefficient (Wildman–Crippen LogP) is 2.27. The normalized spacial score (nSPS) is 12.0. The second kappa shape index (κ2) is 7.67. The molecule has 0 heterocycles. The van der Waals surface area contributed by atoms with Gasteiger partial charge in [-0.3, -0.25) is 0 Å². The maximum atomic E-state index is 9.91. The van der Waals surface area contributed by atoms with Gasteiger partial charge in [-0.1, -0.05) is 35.9 Å². The molecule has 21 heavy (non-hydrogen) atoms. The van der Waals surface area contributed by atoms with Gasteiger partial charge in [-0.25, -0.2) is 0 Å². The van der Waals surface area contributed by atoms with Crippen LogP contribution in [0.3, 0.4) is 0 Å². The molecule has 2 rings (SSSR count). The highest BCUT2D eigenvalue weighted by Gasteiger charge is 2.08. The van der Waals surface area contributed by atoms with Crippen molar-refractivity contribution in [2.24, 2.45) is 5.73 Å². The number of benzene rings is 2. The molecule has 2 aromatic carbocycles. The summed E-state index contributed by atoms with van der Waals surface area (Å²) in [4.78, 5) is 0. The number of rotatable bonds is 7. The van der Waals surface area contributed by atoms with E-state index in [4.69, 9.17) is 15.2 Å². The summed E-state index contributed by atoms with van der Waals surface area (Å²) in [6, 6.07) is 15.2. The molecule has 0 aromatic heterocycles. The molecule has 1 atom stereocenters. The zero-order valence-electron chi connectivity index (χ0n) is 12.2. The van der Waals surface area contributed by atoms with Crippen LogP contribution >= 0.6 is 0 Å². The van der Waals surface area contributed by atoms with E-state index in [0.29, 0.717) is 12.3 Å². The molecule has 3 N–H and O–H groups in total. The van der Waals surface area contributed by atoms with Gasteiger partial charge in [0.15, 0.2) is 0 Å². The Morgan fingerprint density at radius 3 is 2.38 bits per heavy atom. The minimum Gasteiger partial charge on any atom is -0.491 e. The van der Waals surface area contributed by atoms with E-state index in [0.717, 1.165) is 11.3 Å². The molecule has 1 unspecified atom stereocenters. The predicted molar refractivity (Wildman–Crippen MR) is 82.5 cm³/mol. The Labute approximate surface area is 125 Å². The van der Waals surface area contributed by atoms with Gasteiger partial charge in [0.2, 0.25) is 0 Å². The first-order valence-electron chi connectivity index (χ1n) is 6.97. The molecule has 0 aliphatic carbocycles. The van der Waals surface area contributed by atoms with Crippen LogP contribution in [0, 0.1) is 6.92 Å². The standard InChI is InChI=1S/C17H21NO3/c1-13-6-8-16(9-7-13)20-11-15(19)12-21-17-5-3-2-4-14(17)10-18/h2-9,15,19H,10-12,18H2,1H3. The highest BCUT2D eigenvalue weighted by Crippen LogP contribution is 2.17. The summed E-state index contributed by atoms with van der Waals surface area (Å²) < 4.78 is 11.1. The summed E-state index contributed by atoms with van der Waals surface area (Å²) in [5.41, 5.74) is 7.73. The number of aliphatic hydroxyl groups is 1. The Morgan fingerprint density at radius 1 is 1.00 bits per heavy atom. The number of ether oxygens (including phenoxy) is 2. The van der Waals surface area contributed by atoms with Crippen LogP contribution in [0.5, 0.6) is 11.5 Å². The molecule has 4 heteroatoms. The van der Waals surface area contributed by atoms with Gasteiger partial charge in [-0.2, -0.15) is 0 Å². The summed E-state index contributed by atoms with van der Waals surface area (Å²) in [6.07, 6.45) is -0.697. The number of aryl methyl sites for hydroxylation is 1. The molecular weight excluding hydrogens is 266 g/mol. The van der Waals surface area contributed by atoms with Crippen molar-refractivity contribution >= 4 is 0 Å². The number of aliphatic hydroxyl groups excluding tert-OH is 1. The number of para-hydroxylation sites is 1. The van der Waals surface area contributed by atoms with E-state index >= 15 is 0 Å². The van der Waals surface area contributed by atoms with Crippen LogP contribution in [0.15, 0.2) is 48.5 Å². The lowest BCUT2D eigenvalue weighted by molar-refractivity contribution is 0.0623. The van der Waals surface area contributed by atoms with Crippen LogP contribution in [-0.2, 0) is 6.54 Å². The van der Waals surface area contributed by atoms with E-state index in [2.05, 4.69) is 0 Å². The molecule has 0 saturated carbocycles. The smallest absolute Gasteiger partial charge is 0.123 e. The maximum Gasteiger partial charge on any atom is 0.123 e. The van der Waals surface area contributed by atoms with Gasteiger partial charge < -0.3 is 20.3 Å². The fourth-order valence-corrected chi connectivity index (χ4v) is 1.87. The van der Waals surface area contributed by atoms with E-state index in [1.807, 2.05) is 55.5 Å². The van der Waals surface area contributed by atoms with Crippen LogP contribution in [0.4, 0.5) is 0 Å². The number of hydrogen-bond acceptors (Lipinski definition) is 4. The third-order valence-electron chi connectivity index (χ3n) is 3.09. The van der Waals surface area contributed by atoms with Crippen LogP contribution in [-0.4, -0.2) is 24.4 Å². The Morgan fingerprint density at radius 2 is 1.67 bits per heavy atom. The average Bonchev–Trinajstić information content (AvgIpc) is 2.52. The first-order chi connectivity index (χ1) is 10.2. The average molecular weight is 287 g/mol. The van der Waals surface area contributed by atoms with Crippen molar-refractivity contribution < 1.29 is 14.6 Å². The Hall–Kier alpha value is -2.04. The zero-order chi connectivity index (χ0) is 15.1. The monoisotopic (exact) mass is 287 g/mol. The fourth-order valence-electron chi connectivity index (χ4n) is 1.87. The molecule has 0 fully saturated rings. The van der Waals surface area contributed by atoms with E-state index in [1.165, 1.54) is 5.56 Å². The second-order valence-electron chi connectivity index (χ2n) is 4.90. The Balaban J connectivity index is 1.79. The van der Waals surface area contributed by atoms with Gasteiger partial charge >= 0.3 is 0 Å². The van der Waals surface area contributed by atoms with E-state index in [1.54, 1.807) is 0 Å². The first-order valence-corrected chi connectivity index (χ1v) is 6.97. The first kappa shape index (κ1) is 15.4. The van der Waals surface area contributed by atoms with Gasteiger partial charge in [0.25, 0.3) is 0 Å². The number of hydrogen-bond donors (Lipinski definition) is 2. The van der Waals surface area contributed by atoms with E-state index in [-0.39, 0.29) is 13.2 Å². The lowest BCUT2D eigenvalue weighted by atomic mass is 10.2. The molecule has 4 nitrogen and oxygen atoms in total. The summed E-state index contributed by atoms with van der Waals surface area (Å²) in [5, 5.41) is 9.91. The molecule has 0 saturated heterocycles. The molecule has 0 spiro atoms. The van der Waals surface area contributed by atoms with Crippen LogP contribution in [0.25, 0.3) is 0 Å². The van der Waals surface area contributed by atoms with Gasteiger partial charge in [0.05, 0.1) is 0 Å². The molecule has 112 valence electrons. The Bertz CT molecular complexity index is 554. The van der Waals surface area contributed by atoms with E-state index in [9.17, 15) is 5.11 Å². The largest absolute Gasteiger partial charge is 0.491 e. The highest BCUT2D eigenvalue weighted by molar-refractivity contribution is 5.33.